The SMILES string of the molecule is COc1ccc(CN(C)C(=O)CSc2nnc(-c3ccccc3)n2N)cc1F. The van der Waals surface area contributed by atoms with Crippen LogP contribution in [0.5, 0.6) is 5.75 Å². The van der Waals surface area contributed by atoms with Crippen LogP contribution in [0.1, 0.15) is 5.56 Å². The Labute approximate surface area is 166 Å². The Morgan fingerprint density at radius 1 is 1.25 bits per heavy atom. The molecule has 3 aromatic rings. The van der Waals surface area contributed by atoms with Crippen molar-refractivity contribution >= 4 is 17.7 Å². The molecule has 1 heterocycles. The van der Waals surface area contributed by atoms with Crippen LogP contribution in [-0.2, 0) is 11.3 Å². The molecule has 0 unspecified atom stereocenters. The number of ether oxygens (including phenoxy) is 1. The van der Waals surface area contributed by atoms with E-state index in [0.29, 0.717) is 16.5 Å². The number of aromatic nitrogens is 3. The monoisotopic (exact) mass is 401 g/mol. The summed E-state index contributed by atoms with van der Waals surface area (Å²) >= 11 is 1.20. The van der Waals surface area contributed by atoms with Crippen LogP contribution in [0, 0.1) is 5.82 Å². The second-order valence-electron chi connectivity index (χ2n) is 6.05. The Bertz CT molecular complexity index is 964. The van der Waals surface area contributed by atoms with Gasteiger partial charge in [-0.25, -0.2) is 9.07 Å². The Morgan fingerprint density at radius 2 is 2.00 bits per heavy atom. The fourth-order valence-corrected chi connectivity index (χ4v) is 3.36. The van der Waals surface area contributed by atoms with Gasteiger partial charge in [0.05, 0.1) is 12.9 Å². The number of hydrogen-bond donors (Lipinski definition) is 1. The number of halogens is 1. The molecule has 3 rings (SSSR count). The summed E-state index contributed by atoms with van der Waals surface area (Å²) in [5.74, 6) is 6.30. The number of nitrogen functional groups attached to an aromatic ring is 1. The molecule has 0 radical (unpaired) electrons. The van der Waals surface area contributed by atoms with Crippen molar-refractivity contribution in [1.29, 1.82) is 0 Å². The normalized spacial score (nSPS) is 10.7. The van der Waals surface area contributed by atoms with E-state index >= 15 is 0 Å². The molecule has 9 heteroatoms. The largest absolute Gasteiger partial charge is 0.494 e. The van der Waals surface area contributed by atoms with Crippen molar-refractivity contribution in [2.75, 3.05) is 25.8 Å². The zero-order valence-corrected chi connectivity index (χ0v) is 16.3. The molecule has 0 spiro atoms. The fraction of sp³-hybridized carbons (Fsp3) is 0.211. The number of carbonyl (C=O) groups excluding carboxylic acids is 1. The summed E-state index contributed by atoms with van der Waals surface area (Å²) in [6.07, 6.45) is 0. The number of rotatable bonds is 7. The molecule has 7 nitrogen and oxygen atoms in total. The van der Waals surface area contributed by atoms with E-state index < -0.39 is 5.82 Å². The molecule has 0 bridgehead atoms. The maximum atomic E-state index is 13.8. The van der Waals surface area contributed by atoms with Gasteiger partial charge in [-0.3, -0.25) is 4.79 Å². The number of thioether (sulfide) groups is 1. The van der Waals surface area contributed by atoms with Gasteiger partial charge in [0.1, 0.15) is 0 Å². The van der Waals surface area contributed by atoms with Crippen LogP contribution in [0.15, 0.2) is 53.7 Å². The summed E-state index contributed by atoms with van der Waals surface area (Å²) in [6.45, 7) is 0.283. The minimum Gasteiger partial charge on any atom is -0.494 e. The molecule has 2 N–H and O–H groups in total. The van der Waals surface area contributed by atoms with Gasteiger partial charge in [-0.15, -0.1) is 10.2 Å². The number of nitrogens with two attached hydrogens (primary N) is 1. The van der Waals surface area contributed by atoms with Crippen molar-refractivity contribution in [3.8, 4) is 17.1 Å². The lowest BCUT2D eigenvalue weighted by Crippen LogP contribution is -2.28. The lowest BCUT2D eigenvalue weighted by atomic mass is 10.2. The number of nitrogens with zero attached hydrogens (tertiary/aromatic N) is 4. The van der Waals surface area contributed by atoms with Gasteiger partial charge in [0.25, 0.3) is 0 Å². The van der Waals surface area contributed by atoms with Crippen molar-refractivity contribution in [2.45, 2.75) is 11.7 Å². The summed E-state index contributed by atoms with van der Waals surface area (Å²) in [4.78, 5) is 13.9. The molecule has 0 fully saturated rings. The molecule has 0 saturated carbocycles. The first kappa shape index (κ1) is 19.7. The average Bonchev–Trinajstić information content (AvgIpc) is 3.07. The highest BCUT2D eigenvalue weighted by Crippen LogP contribution is 2.22. The summed E-state index contributed by atoms with van der Waals surface area (Å²) in [6, 6.07) is 14.1. The predicted octanol–water partition coefficient (Wildman–Crippen LogP) is 2.56. The number of carbonyl (C=O) groups is 1. The molecule has 146 valence electrons. The van der Waals surface area contributed by atoms with Gasteiger partial charge in [0.2, 0.25) is 11.1 Å². The van der Waals surface area contributed by atoms with Crippen molar-refractivity contribution in [2.24, 2.45) is 0 Å². The van der Waals surface area contributed by atoms with Gasteiger partial charge in [-0.05, 0) is 17.7 Å². The first-order valence-corrected chi connectivity index (χ1v) is 9.43. The van der Waals surface area contributed by atoms with E-state index in [0.717, 1.165) is 5.56 Å². The highest BCUT2D eigenvalue weighted by atomic mass is 32.2. The van der Waals surface area contributed by atoms with Crippen LogP contribution < -0.4 is 10.6 Å². The zero-order valence-electron chi connectivity index (χ0n) is 15.5. The second kappa shape index (κ2) is 8.75. The van der Waals surface area contributed by atoms with E-state index in [-0.39, 0.29) is 24.0 Å². The maximum Gasteiger partial charge on any atom is 0.233 e. The first-order chi connectivity index (χ1) is 13.5. The molecule has 0 aliphatic heterocycles. The van der Waals surface area contributed by atoms with Gasteiger partial charge in [-0.2, -0.15) is 0 Å². The Kier molecular flexibility index (Phi) is 6.15. The molecular weight excluding hydrogens is 381 g/mol. The van der Waals surface area contributed by atoms with Gasteiger partial charge < -0.3 is 15.5 Å². The van der Waals surface area contributed by atoms with Crippen LogP contribution in [0.25, 0.3) is 11.4 Å². The standard InChI is InChI=1S/C19H20FN5O2S/c1-24(11-13-8-9-16(27-2)15(20)10-13)17(26)12-28-19-23-22-18(25(19)21)14-6-4-3-5-7-14/h3-10H,11-12,21H2,1-2H3. The molecule has 2 aromatic carbocycles. The number of amides is 1. The molecule has 28 heavy (non-hydrogen) atoms. The van der Waals surface area contributed by atoms with Crippen molar-refractivity contribution < 1.29 is 13.9 Å². The maximum absolute atomic E-state index is 13.8. The number of methoxy groups -OCH3 is 1. The Morgan fingerprint density at radius 3 is 2.68 bits per heavy atom. The van der Waals surface area contributed by atoms with Crippen LogP contribution >= 0.6 is 11.8 Å². The highest BCUT2D eigenvalue weighted by Gasteiger charge is 2.16. The molecule has 0 atom stereocenters. The first-order valence-electron chi connectivity index (χ1n) is 8.44. The molecular formula is C19H20FN5O2S. The summed E-state index contributed by atoms with van der Waals surface area (Å²) in [7, 11) is 3.07. The van der Waals surface area contributed by atoms with E-state index in [9.17, 15) is 9.18 Å². The second-order valence-corrected chi connectivity index (χ2v) is 6.99. The highest BCUT2D eigenvalue weighted by molar-refractivity contribution is 7.99. The van der Waals surface area contributed by atoms with Crippen molar-refractivity contribution in [1.82, 2.24) is 19.8 Å². The van der Waals surface area contributed by atoms with E-state index in [1.54, 1.807) is 19.2 Å². The molecule has 1 aromatic heterocycles. The van der Waals surface area contributed by atoms with E-state index in [4.69, 9.17) is 10.6 Å². The van der Waals surface area contributed by atoms with Crippen LogP contribution in [-0.4, -0.2) is 45.6 Å². The molecule has 0 aliphatic carbocycles. The summed E-state index contributed by atoms with van der Waals surface area (Å²) < 4.78 is 20.1. The Balaban J connectivity index is 1.59. The number of hydrogen-bond acceptors (Lipinski definition) is 6. The van der Waals surface area contributed by atoms with Crippen molar-refractivity contribution in [3.05, 3.63) is 59.9 Å². The van der Waals surface area contributed by atoms with Gasteiger partial charge >= 0.3 is 0 Å². The molecule has 0 saturated heterocycles. The van der Waals surface area contributed by atoms with E-state index in [1.807, 2.05) is 30.3 Å². The number of benzene rings is 2. The zero-order chi connectivity index (χ0) is 20.1. The molecule has 0 aliphatic rings. The Hall–Kier alpha value is -3.07. The average molecular weight is 401 g/mol. The van der Waals surface area contributed by atoms with Crippen LogP contribution in [0.4, 0.5) is 4.39 Å². The third kappa shape index (κ3) is 4.42. The smallest absolute Gasteiger partial charge is 0.233 e. The lowest BCUT2D eigenvalue weighted by Gasteiger charge is -2.17. The summed E-state index contributed by atoms with van der Waals surface area (Å²) in [5.41, 5.74) is 1.52. The van der Waals surface area contributed by atoms with Crippen molar-refractivity contribution in [3.63, 3.8) is 0 Å². The van der Waals surface area contributed by atoms with Crippen LogP contribution in [0.3, 0.4) is 0 Å². The topological polar surface area (TPSA) is 86.3 Å². The third-order valence-corrected chi connectivity index (χ3v) is 5.01. The van der Waals surface area contributed by atoms with Crippen LogP contribution in [0.2, 0.25) is 0 Å². The van der Waals surface area contributed by atoms with Gasteiger partial charge in [0.15, 0.2) is 17.4 Å². The molecule has 1 amide bonds. The van der Waals surface area contributed by atoms with Gasteiger partial charge in [-0.1, -0.05) is 48.2 Å². The minimum atomic E-state index is -0.458. The quantitative estimate of drug-likeness (QED) is 0.484. The van der Waals surface area contributed by atoms with Gasteiger partial charge in [0, 0.05) is 19.2 Å². The lowest BCUT2D eigenvalue weighted by molar-refractivity contribution is -0.127. The van der Waals surface area contributed by atoms with E-state index in [2.05, 4.69) is 10.2 Å². The predicted molar refractivity (Wildman–Crippen MR) is 106 cm³/mol. The minimum absolute atomic E-state index is 0.134. The summed E-state index contributed by atoms with van der Waals surface area (Å²) in [5, 5.41) is 8.59. The third-order valence-electron chi connectivity index (χ3n) is 4.08. The fourth-order valence-electron chi connectivity index (χ4n) is 2.57. The van der Waals surface area contributed by atoms with E-state index in [1.165, 1.54) is 34.5 Å².